The summed E-state index contributed by atoms with van der Waals surface area (Å²) in [6.45, 7) is 2.66. The number of pyridine rings is 1. The monoisotopic (exact) mass is 246 g/mol. The molecule has 0 unspecified atom stereocenters. The predicted molar refractivity (Wildman–Crippen MR) is 69.2 cm³/mol. The third-order valence-electron chi connectivity index (χ3n) is 2.80. The van der Waals surface area contributed by atoms with E-state index in [1.165, 1.54) is 12.1 Å². The SMILES string of the molecule is CCN(c1ccc(F)cc1)c1cnccc1CO. The maximum atomic E-state index is 12.9. The number of anilines is 2. The van der Waals surface area contributed by atoms with Crippen molar-refractivity contribution in [2.24, 2.45) is 0 Å². The number of benzene rings is 1. The normalized spacial score (nSPS) is 10.4. The van der Waals surface area contributed by atoms with Gasteiger partial charge in [0, 0.05) is 24.0 Å². The maximum Gasteiger partial charge on any atom is 0.123 e. The van der Waals surface area contributed by atoms with Gasteiger partial charge in [0.05, 0.1) is 18.5 Å². The molecule has 1 heterocycles. The smallest absolute Gasteiger partial charge is 0.123 e. The summed E-state index contributed by atoms with van der Waals surface area (Å²) in [5, 5.41) is 9.34. The summed E-state index contributed by atoms with van der Waals surface area (Å²) in [5.74, 6) is -0.261. The van der Waals surface area contributed by atoms with Gasteiger partial charge in [-0.1, -0.05) is 0 Å². The molecule has 0 aliphatic heterocycles. The minimum atomic E-state index is -0.261. The molecule has 0 fully saturated rings. The Bertz CT molecular complexity index is 513. The number of aliphatic hydroxyl groups excluding tert-OH is 1. The van der Waals surface area contributed by atoms with Gasteiger partial charge in [0.1, 0.15) is 5.82 Å². The Morgan fingerprint density at radius 3 is 2.56 bits per heavy atom. The van der Waals surface area contributed by atoms with E-state index in [0.29, 0.717) is 6.54 Å². The molecule has 0 saturated heterocycles. The lowest BCUT2D eigenvalue weighted by molar-refractivity contribution is 0.282. The van der Waals surface area contributed by atoms with Crippen molar-refractivity contribution in [3.05, 3.63) is 54.1 Å². The zero-order chi connectivity index (χ0) is 13.0. The molecular weight excluding hydrogens is 231 g/mol. The van der Waals surface area contributed by atoms with E-state index < -0.39 is 0 Å². The molecule has 4 heteroatoms. The zero-order valence-corrected chi connectivity index (χ0v) is 10.2. The Morgan fingerprint density at radius 1 is 1.22 bits per heavy atom. The summed E-state index contributed by atoms with van der Waals surface area (Å²) >= 11 is 0. The van der Waals surface area contributed by atoms with E-state index in [2.05, 4.69) is 4.98 Å². The van der Waals surface area contributed by atoms with Gasteiger partial charge in [-0.25, -0.2) is 4.39 Å². The van der Waals surface area contributed by atoms with E-state index in [1.54, 1.807) is 30.6 Å². The van der Waals surface area contributed by atoms with Gasteiger partial charge in [0.2, 0.25) is 0 Å². The molecule has 0 atom stereocenters. The van der Waals surface area contributed by atoms with Crippen LogP contribution < -0.4 is 4.90 Å². The maximum absolute atomic E-state index is 12.9. The Labute approximate surface area is 106 Å². The highest BCUT2D eigenvalue weighted by Crippen LogP contribution is 2.27. The molecular formula is C14H15FN2O. The van der Waals surface area contributed by atoms with Crippen molar-refractivity contribution in [2.45, 2.75) is 13.5 Å². The van der Waals surface area contributed by atoms with Gasteiger partial charge in [0.25, 0.3) is 0 Å². The lowest BCUT2D eigenvalue weighted by Gasteiger charge is -2.24. The van der Waals surface area contributed by atoms with Crippen LogP contribution in [0.15, 0.2) is 42.7 Å². The Kier molecular flexibility index (Phi) is 3.89. The van der Waals surface area contributed by atoms with Crippen LogP contribution in [0, 0.1) is 5.82 Å². The van der Waals surface area contributed by atoms with Gasteiger partial charge in [-0.2, -0.15) is 0 Å². The standard InChI is InChI=1S/C14H15FN2O/c1-2-17(13-5-3-12(15)4-6-13)14-9-16-8-7-11(14)10-18/h3-9,18H,2,10H2,1H3. The molecule has 1 N–H and O–H groups in total. The molecule has 1 aromatic carbocycles. The molecule has 2 rings (SSSR count). The number of rotatable bonds is 4. The molecule has 1 aromatic heterocycles. The molecule has 94 valence electrons. The molecule has 2 aromatic rings. The number of nitrogens with zero attached hydrogens (tertiary/aromatic N) is 2. The first-order valence-corrected chi connectivity index (χ1v) is 5.83. The Hall–Kier alpha value is -1.94. The van der Waals surface area contributed by atoms with Crippen LogP contribution in [0.4, 0.5) is 15.8 Å². The van der Waals surface area contributed by atoms with Crippen molar-refractivity contribution >= 4 is 11.4 Å². The molecule has 0 radical (unpaired) electrons. The second-order valence-electron chi connectivity index (χ2n) is 3.88. The number of hydrogen-bond donors (Lipinski definition) is 1. The van der Waals surface area contributed by atoms with Crippen LogP contribution >= 0.6 is 0 Å². The number of hydrogen-bond acceptors (Lipinski definition) is 3. The highest BCUT2D eigenvalue weighted by molar-refractivity contribution is 5.65. The third kappa shape index (κ3) is 2.49. The molecule has 0 aliphatic carbocycles. The molecule has 0 amide bonds. The first kappa shape index (κ1) is 12.5. The highest BCUT2D eigenvalue weighted by atomic mass is 19.1. The van der Waals surface area contributed by atoms with Gasteiger partial charge in [-0.15, -0.1) is 0 Å². The van der Waals surface area contributed by atoms with E-state index in [-0.39, 0.29) is 12.4 Å². The van der Waals surface area contributed by atoms with Gasteiger partial charge < -0.3 is 10.0 Å². The van der Waals surface area contributed by atoms with E-state index in [1.807, 2.05) is 11.8 Å². The van der Waals surface area contributed by atoms with Crippen LogP contribution in [-0.4, -0.2) is 16.6 Å². The lowest BCUT2D eigenvalue weighted by atomic mass is 10.2. The number of aromatic nitrogens is 1. The predicted octanol–water partition coefficient (Wildman–Crippen LogP) is 2.87. The summed E-state index contributed by atoms with van der Waals surface area (Å²) in [5.41, 5.74) is 2.52. The largest absolute Gasteiger partial charge is 0.392 e. The Morgan fingerprint density at radius 2 is 1.94 bits per heavy atom. The minimum Gasteiger partial charge on any atom is -0.392 e. The van der Waals surface area contributed by atoms with Gasteiger partial charge >= 0.3 is 0 Å². The summed E-state index contributed by atoms with van der Waals surface area (Å²) in [6, 6.07) is 8.06. The molecule has 0 spiro atoms. The highest BCUT2D eigenvalue weighted by Gasteiger charge is 2.11. The molecule has 18 heavy (non-hydrogen) atoms. The van der Waals surface area contributed by atoms with Crippen molar-refractivity contribution in [2.75, 3.05) is 11.4 Å². The van der Waals surface area contributed by atoms with Crippen molar-refractivity contribution in [1.29, 1.82) is 0 Å². The lowest BCUT2D eigenvalue weighted by Crippen LogP contribution is -2.18. The topological polar surface area (TPSA) is 36.4 Å². The van der Waals surface area contributed by atoms with E-state index >= 15 is 0 Å². The third-order valence-corrected chi connectivity index (χ3v) is 2.80. The fourth-order valence-corrected chi connectivity index (χ4v) is 1.90. The summed E-state index contributed by atoms with van der Waals surface area (Å²) in [6.07, 6.45) is 3.35. The van der Waals surface area contributed by atoms with Crippen molar-refractivity contribution < 1.29 is 9.50 Å². The van der Waals surface area contributed by atoms with Crippen LogP contribution in [0.1, 0.15) is 12.5 Å². The first-order chi connectivity index (χ1) is 8.76. The fraction of sp³-hybridized carbons (Fsp3) is 0.214. The van der Waals surface area contributed by atoms with Crippen LogP contribution in [0.3, 0.4) is 0 Å². The van der Waals surface area contributed by atoms with Crippen LogP contribution in [0.2, 0.25) is 0 Å². The van der Waals surface area contributed by atoms with Gasteiger partial charge in [-0.3, -0.25) is 4.98 Å². The second kappa shape index (κ2) is 5.60. The van der Waals surface area contributed by atoms with Gasteiger partial charge in [-0.05, 0) is 37.3 Å². The average molecular weight is 246 g/mol. The minimum absolute atomic E-state index is 0.0461. The summed E-state index contributed by atoms with van der Waals surface area (Å²) in [7, 11) is 0. The van der Waals surface area contributed by atoms with E-state index in [9.17, 15) is 9.50 Å². The van der Waals surface area contributed by atoms with Gasteiger partial charge in [0.15, 0.2) is 0 Å². The Balaban J connectivity index is 2.41. The van der Waals surface area contributed by atoms with Crippen LogP contribution in [-0.2, 0) is 6.61 Å². The molecule has 0 saturated carbocycles. The first-order valence-electron chi connectivity index (χ1n) is 5.83. The van der Waals surface area contributed by atoms with Crippen molar-refractivity contribution in [3.63, 3.8) is 0 Å². The van der Waals surface area contributed by atoms with Crippen LogP contribution in [0.25, 0.3) is 0 Å². The second-order valence-corrected chi connectivity index (χ2v) is 3.88. The van der Waals surface area contributed by atoms with Crippen molar-refractivity contribution in [3.8, 4) is 0 Å². The summed E-state index contributed by atoms with van der Waals surface area (Å²) in [4.78, 5) is 6.06. The number of halogens is 1. The van der Waals surface area contributed by atoms with Crippen LogP contribution in [0.5, 0.6) is 0 Å². The van der Waals surface area contributed by atoms with E-state index in [0.717, 1.165) is 16.9 Å². The fourth-order valence-electron chi connectivity index (χ4n) is 1.90. The zero-order valence-electron chi connectivity index (χ0n) is 10.2. The average Bonchev–Trinajstić information content (AvgIpc) is 2.42. The number of aliphatic hydroxyl groups is 1. The van der Waals surface area contributed by atoms with E-state index in [4.69, 9.17) is 0 Å². The molecule has 0 bridgehead atoms. The quantitative estimate of drug-likeness (QED) is 0.901. The van der Waals surface area contributed by atoms with Crippen molar-refractivity contribution in [1.82, 2.24) is 4.98 Å². The molecule has 0 aliphatic rings. The molecule has 3 nitrogen and oxygen atoms in total. The summed E-state index contributed by atoms with van der Waals surface area (Å²) < 4.78 is 12.9.